The summed E-state index contributed by atoms with van der Waals surface area (Å²) in [7, 11) is 1.60. The fourth-order valence-corrected chi connectivity index (χ4v) is 1.60. The Hall–Kier alpha value is -2.00. The van der Waals surface area contributed by atoms with Crippen molar-refractivity contribution in [1.82, 2.24) is 20.3 Å². The normalized spacial score (nSPS) is 13.7. The first kappa shape index (κ1) is 17.1. The number of amides is 1. The van der Waals surface area contributed by atoms with Gasteiger partial charge in [-0.05, 0) is 13.3 Å². The summed E-state index contributed by atoms with van der Waals surface area (Å²) in [6.07, 6.45) is 2.32. The summed E-state index contributed by atoms with van der Waals surface area (Å²) in [5, 5.41) is 19.1. The molecule has 2 atom stereocenters. The lowest BCUT2D eigenvalue weighted by Gasteiger charge is -2.11. The molecular weight excluding hydrogens is 278 g/mol. The largest absolute Gasteiger partial charge is 0.480 e. The molecule has 9 nitrogen and oxygen atoms in total. The number of nitrogens with two attached hydrogens (primary N) is 1. The summed E-state index contributed by atoms with van der Waals surface area (Å²) in [5.41, 5.74) is 5.85. The van der Waals surface area contributed by atoms with Gasteiger partial charge in [-0.15, -0.1) is 5.10 Å². The zero-order valence-electron chi connectivity index (χ0n) is 12.2. The summed E-state index contributed by atoms with van der Waals surface area (Å²) in [6.45, 7) is 2.78. The number of nitrogens with one attached hydrogen (secondary N) is 1. The van der Waals surface area contributed by atoms with E-state index in [-0.39, 0.29) is 12.3 Å². The number of rotatable bonds is 9. The molecule has 1 amide bonds. The van der Waals surface area contributed by atoms with Crippen LogP contribution in [-0.4, -0.2) is 58.3 Å². The molecule has 0 aliphatic heterocycles. The highest BCUT2D eigenvalue weighted by atomic mass is 16.5. The van der Waals surface area contributed by atoms with E-state index in [1.54, 1.807) is 14.0 Å². The van der Waals surface area contributed by atoms with Crippen molar-refractivity contribution in [3.05, 3.63) is 11.9 Å². The van der Waals surface area contributed by atoms with Crippen molar-refractivity contribution in [2.75, 3.05) is 20.3 Å². The smallest absolute Gasteiger partial charge is 0.320 e. The second-order valence-corrected chi connectivity index (χ2v) is 4.65. The van der Waals surface area contributed by atoms with Gasteiger partial charge in [0.05, 0.1) is 5.69 Å². The SMILES string of the molecule is COCCCNC(=O)C(C)n1cc(CC(N)C(=O)O)nn1. The van der Waals surface area contributed by atoms with Crippen molar-refractivity contribution < 1.29 is 19.4 Å². The molecule has 0 saturated carbocycles. The van der Waals surface area contributed by atoms with Gasteiger partial charge in [-0.1, -0.05) is 5.21 Å². The number of aromatic nitrogens is 3. The molecule has 118 valence electrons. The lowest BCUT2D eigenvalue weighted by Crippen LogP contribution is -2.32. The summed E-state index contributed by atoms with van der Waals surface area (Å²) in [4.78, 5) is 22.6. The molecule has 0 aliphatic carbocycles. The lowest BCUT2D eigenvalue weighted by molar-refractivity contribution is -0.138. The third kappa shape index (κ3) is 5.48. The number of hydrogen-bond donors (Lipinski definition) is 3. The Morgan fingerprint density at radius 2 is 2.29 bits per heavy atom. The van der Waals surface area contributed by atoms with Crippen LogP contribution in [-0.2, 0) is 20.7 Å². The zero-order chi connectivity index (χ0) is 15.8. The summed E-state index contributed by atoms with van der Waals surface area (Å²) < 4.78 is 6.27. The van der Waals surface area contributed by atoms with E-state index >= 15 is 0 Å². The van der Waals surface area contributed by atoms with Crippen molar-refractivity contribution in [1.29, 1.82) is 0 Å². The number of carboxylic acids is 1. The molecule has 1 rings (SSSR count). The van der Waals surface area contributed by atoms with Crippen molar-refractivity contribution in [2.45, 2.75) is 31.8 Å². The third-order valence-electron chi connectivity index (χ3n) is 2.90. The Labute approximate surface area is 122 Å². The van der Waals surface area contributed by atoms with Crippen LogP contribution >= 0.6 is 0 Å². The van der Waals surface area contributed by atoms with Gasteiger partial charge in [0.15, 0.2) is 0 Å². The maximum Gasteiger partial charge on any atom is 0.320 e. The minimum absolute atomic E-state index is 0.0670. The molecule has 1 heterocycles. The molecule has 0 spiro atoms. The third-order valence-corrected chi connectivity index (χ3v) is 2.90. The Balaban J connectivity index is 2.51. The quantitative estimate of drug-likeness (QED) is 0.495. The van der Waals surface area contributed by atoms with E-state index in [0.29, 0.717) is 18.8 Å². The van der Waals surface area contributed by atoms with E-state index in [4.69, 9.17) is 15.6 Å². The zero-order valence-corrected chi connectivity index (χ0v) is 12.2. The number of carbonyl (C=O) groups is 2. The van der Waals surface area contributed by atoms with Gasteiger partial charge >= 0.3 is 5.97 Å². The molecule has 0 saturated heterocycles. The average molecular weight is 299 g/mol. The first-order valence-electron chi connectivity index (χ1n) is 6.61. The number of carboxylic acid groups (broad SMARTS) is 1. The fraction of sp³-hybridized carbons (Fsp3) is 0.667. The minimum Gasteiger partial charge on any atom is -0.480 e. The second kappa shape index (κ2) is 8.32. The number of carbonyl (C=O) groups excluding carboxylic acids is 1. The Morgan fingerprint density at radius 1 is 1.57 bits per heavy atom. The number of hydrogen-bond acceptors (Lipinski definition) is 6. The molecule has 1 aromatic heterocycles. The molecule has 21 heavy (non-hydrogen) atoms. The summed E-state index contributed by atoms with van der Waals surface area (Å²) in [6, 6.07) is -1.57. The van der Waals surface area contributed by atoms with Crippen LogP contribution in [0.15, 0.2) is 6.20 Å². The molecule has 2 unspecified atom stereocenters. The highest BCUT2D eigenvalue weighted by molar-refractivity contribution is 5.79. The van der Waals surface area contributed by atoms with Crippen molar-refractivity contribution in [3.63, 3.8) is 0 Å². The number of ether oxygens (including phenoxy) is 1. The first-order chi connectivity index (χ1) is 9.95. The van der Waals surface area contributed by atoms with Crippen LogP contribution in [0.25, 0.3) is 0 Å². The number of aliphatic carboxylic acids is 1. The summed E-state index contributed by atoms with van der Waals surface area (Å²) >= 11 is 0. The van der Waals surface area contributed by atoms with Crippen LogP contribution in [0, 0.1) is 0 Å². The number of nitrogens with zero attached hydrogens (tertiary/aromatic N) is 3. The molecule has 4 N–H and O–H groups in total. The minimum atomic E-state index is -1.10. The maximum absolute atomic E-state index is 11.9. The van der Waals surface area contributed by atoms with E-state index in [9.17, 15) is 9.59 Å². The highest BCUT2D eigenvalue weighted by Gasteiger charge is 2.18. The maximum atomic E-state index is 11.9. The molecular formula is C12H21N5O4. The monoisotopic (exact) mass is 299 g/mol. The molecule has 0 aliphatic rings. The lowest BCUT2D eigenvalue weighted by atomic mass is 10.2. The van der Waals surface area contributed by atoms with Crippen LogP contribution in [0.5, 0.6) is 0 Å². The highest BCUT2D eigenvalue weighted by Crippen LogP contribution is 2.06. The molecule has 0 bridgehead atoms. The van der Waals surface area contributed by atoms with Crippen LogP contribution in [0.2, 0.25) is 0 Å². The topological polar surface area (TPSA) is 132 Å². The Morgan fingerprint density at radius 3 is 2.90 bits per heavy atom. The fourth-order valence-electron chi connectivity index (χ4n) is 1.60. The van der Waals surface area contributed by atoms with Crippen molar-refractivity contribution in [2.24, 2.45) is 5.73 Å². The van der Waals surface area contributed by atoms with Crippen LogP contribution in [0.3, 0.4) is 0 Å². The molecule has 0 aromatic carbocycles. The Kier molecular flexibility index (Phi) is 6.76. The van der Waals surface area contributed by atoms with Gasteiger partial charge in [0.1, 0.15) is 12.1 Å². The van der Waals surface area contributed by atoms with Crippen LogP contribution in [0.4, 0.5) is 0 Å². The molecule has 9 heteroatoms. The van der Waals surface area contributed by atoms with Gasteiger partial charge < -0.3 is 20.9 Å². The predicted octanol–water partition coefficient (Wildman–Crippen LogP) is -1.05. The predicted molar refractivity (Wildman–Crippen MR) is 73.6 cm³/mol. The molecule has 1 aromatic rings. The van der Waals surface area contributed by atoms with Gasteiger partial charge in [0.25, 0.3) is 0 Å². The number of methoxy groups -OCH3 is 1. The summed E-state index contributed by atoms with van der Waals surface area (Å²) in [5.74, 6) is -1.29. The van der Waals surface area contributed by atoms with E-state index in [0.717, 1.165) is 6.42 Å². The van der Waals surface area contributed by atoms with Crippen molar-refractivity contribution in [3.8, 4) is 0 Å². The van der Waals surface area contributed by atoms with Gasteiger partial charge in [0.2, 0.25) is 5.91 Å². The van der Waals surface area contributed by atoms with Gasteiger partial charge in [-0.3, -0.25) is 9.59 Å². The second-order valence-electron chi connectivity index (χ2n) is 4.65. The standard InChI is InChI=1S/C12H21N5O4/c1-8(11(18)14-4-3-5-21-2)17-7-9(15-16-17)6-10(13)12(19)20/h7-8,10H,3-6,13H2,1-2H3,(H,14,18)(H,19,20). The van der Waals surface area contributed by atoms with Gasteiger partial charge in [-0.25, -0.2) is 4.68 Å². The first-order valence-corrected chi connectivity index (χ1v) is 6.61. The average Bonchev–Trinajstić information content (AvgIpc) is 2.90. The van der Waals surface area contributed by atoms with E-state index in [1.807, 2.05) is 0 Å². The van der Waals surface area contributed by atoms with Crippen LogP contribution < -0.4 is 11.1 Å². The van der Waals surface area contributed by atoms with Crippen molar-refractivity contribution >= 4 is 11.9 Å². The molecule has 0 fully saturated rings. The van der Waals surface area contributed by atoms with E-state index in [1.165, 1.54) is 10.9 Å². The Bertz CT molecular complexity index is 476. The van der Waals surface area contributed by atoms with Crippen LogP contribution in [0.1, 0.15) is 25.1 Å². The van der Waals surface area contributed by atoms with E-state index in [2.05, 4.69) is 15.6 Å². The van der Waals surface area contributed by atoms with E-state index < -0.39 is 18.1 Å². The van der Waals surface area contributed by atoms with Gasteiger partial charge in [0, 0.05) is 32.9 Å². The van der Waals surface area contributed by atoms with Gasteiger partial charge in [-0.2, -0.15) is 0 Å². The molecule has 0 radical (unpaired) electrons.